The molecule has 2 atom stereocenters. The molecular formula is C27H32N2O6S. The van der Waals surface area contributed by atoms with Gasteiger partial charge in [0.1, 0.15) is 12.4 Å². The number of aromatic nitrogens is 1. The van der Waals surface area contributed by atoms with E-state index in [-0.39, 0.29) is 17.6 Å². The summed E-state index contributed by atoms with van der Waals surface area (Å²) in [5.74, 6) is -0.273. The average molecular weight is 513 g/mol. The quantitative estimate of drug-likeness (QED) is 0.462. The first-order valence-electron chi connectivity index (χ1n) is 12.1. The van der Waals surface area contributed by atoms with E-state index in [1.807, 2.05) is 32.9 Å². The number of pyridine rings is 1. The average Bonchev–Trinajstić information content (AvgIpc) is 3.37. The topological polar surface area (TPSA) is 104 Å². The zero-order valence-electron chi connectivity index (χ0n) is 21.0. The summed E-state index contributed by atoms with van der Waals surface area (Å²) < 4.78 is 46.6. The first-order valence-corrected chi connectivity index (χ1v) is 13.5. The van der Waals surface area contributed by atoms with Crippen LogP contribution in [0.4, 0.5) is 0 Å². The lowest BCUT2D eigenvalue weighted by Gasteiger charge is -2.30. The molecule has 0 bridgehead atoms. The predicted octanol–water partition coefficient (Wildman–Crippen LogP) is 4.03. The van der Waals surface area contributed by atoms with Crippen LogP contribution in [0.25, 0.3) is 10.9 Å². The monoisotopic (exact) mass is 512 g/mol. The molecule has 0 spiro atoms. The van der Waals surface area contributed by atoms with E-state index in [4.69, 9.17) is 14.2 Å². The third-order valence-electron chi connectivity index (χ3n) is 6.50. The Kier molecular flexibility index (Phi) is 7.63. The Bertz CT molecular complexity index is 1370. The molecule has 1 aliphatic rings. The Balaban J connectivity index is 1.73. The van der Waals surface area contributed by atoms with Crippen LogP contribution in [0.15, 0.2) is 53.4 Å². The lowest BCUT2D eigenvalue weighted by Crippen LogP contribution is -2.46. The van der Waals surface area contributed by atoms with Crippen LogP contribution in [-0.4, -0.2) is 45.7 Å². The summed E-state index contributed by atoms with van der Waals surface area (Å²) in [6.07, 6.45) is 1.51. The smallest absolute Gasteiger partial charge is 0.270 e. The summed E-state index contributed by atoms with van der Waals surface area (Å²) in [5, 5.41) is 0.440. The number of nitrogens with one attached hydrogen (secondary N) is 1. The van der Waals surface area contributed by atoms with E-state index in [0.717, 1.165) is 17.7 Å². The van der Waals surface area contributed by atoms with Crippen LogP contribution in [0.2, 0.25) is 0 Å². The number of ether oxygens (including phenoxy) is 3. The number of methoxy groups -OCH3 is 1. The van der Waals surface area contributed by atoms with Crippen molar-refractivity contribution in [3.05, 3.63) is 65.4 Å². The Hall–Kier alpha value is -3.01. The van der Waals surface area contributed by atoms with Crippen molar-refractivity contribution in [3.63, 3.8) is 0 Å². The van der Waals surface area contributed by atoms with Gasteiger partial charge in [0, 0.05) is 30.4 Å². The number of aryl methyl sites for hydroxylation is 2. The van der Waals surface area contributed by atoms with Gasteiger partial charge in [-0.3, -0.25) is 9.78 Å². The summed E-state index contributed by atoms with van der Waals surface area (Å²) in [7, 11) is -2.62. The number of carbonyl (C=O) groups is 1. The highest BCUT2D eigenvalue weighted by Gasteiger charge is 2.48. The van der Waals surface area contributed by atoms with Gasteiger partial charge in [-0.25, -0.2) is 13.1 Å². The molecule has 1 aromatic heterocycles. The van der Waals surface area contributed by atoms with Gasteiger partial charge in [-0.2, -0.15) is 0 Å². The Morgan fingerprint density at radius 1 is 1.22 bits per heavy atom. The maximum absolute atomic E-state index is 13.8. The molecule has 3 aromatic rings. The molecule has 4 rings (SSSR count). The Morgan fingerprint density at radius 2 is 2.03 bits per heavy atom. The highest BCUT2D eigenvalue weighted by molar-refractivity contribution is 7.90. The van der Waals surface area contributed by atoms with E-state index in [1.54, 1.807) is 37.4 Å². The first kappa shape index (κ1) is 26.1. The van der Waals surface area contributed by atoms with Crippen molar-refractivity contribution in [2.75, 3.05) is 20.3 Å². The zero-order valence-corrected chi connectivity index (χ0v) is 21.9. The minimum atomic E-state index is -4.22. The van der Waals surface area contributed by atoms with E-state index < -0.39 is 21.5 Å². The van der Waals surface area contributed by atoms with Crippen LogP contribution < -0.4 is 9.46 Å². The molecule has 0 radical (unpaired) electrons. The molecule has 2 heterocycles. The van der Waals surface area contributed by atoms with Gasteiger partial charge in [-0.05, 0) is 75.1 Å². The molecule has 0 saturated carbocycles. The zero-order chi connectivity index (χ0) is 25.9. The lowest BCUT2D eigenvalue weighted by molar-refractivity contribution is -0.140. The fraction of sp³-hybridized carbons (Fsp3) is 0.407. The molecule has 0 aliphatic carbocycles. The number of sulfonamides is 1. The highest BCUT2D eigenvalue weighted by Crippen LogP contribution is 2.42. The van der Waals surface area contributed by atoms with Crippen molar-refractivity contribution in [1.82, 2.24) is 9.71 Å². The van der Waals surface area contributed by atoms with Crippen molar-refractivity contribution in [3.8, 4) is 5.75 Å². The molecule has 1 aliphatic heterocycles. The van der Waals surface area contributed by atoms with Gasteiger partial charge in [-0.1, -0.05) is 19.1 Å². The molecular weight excluding hydrogens is 480 g/mol. The van der Waals surface area contributed by atoms with E-state index >= 15 is 0 Å². The number of rotatable bonds is 9. The number of nitrogens with zero attached hydrogens (tertiary/aromatic N) is 1. The maximum atomic E-state index is 13.8. The largest absolute Gasteiger partial charge is 0.490 e. The lowest BCUT2D eigenvalue weighted by atomic mass is 9.88. The van der Waals surface area contributed by atoms with Gasteiger partial charge in [0.25, 0.3) is 15.9 Å². The fourth-order valence-electron chi connectivity index (χ4n) is 4.39. The number of amides is 1. The number of hydrogen-bond acceptors (Lipinski definition) is 7. The van der Waals surface area contributed by atoms with Gasteiger partial charge < -0.3 is 14.2 Å². The van der Waals surface area contributed by atoms with E-state index in [2.05, 4.69) is 9.71 Å². The molecule has 36 heavy (non-hydrogen) atoms. The van der Waals surface area contributed by atoms with Crippen LogP contribution >= 0.6 is 0 Å². The number of hydrogen-bond donors (Lipinski definition) is 1. The van der Waals surface area contributed by atoms with E-state index in [1.165, 1.54) is 6.07 Å². The minimum Gasteiger partial charge on any atom is -0.490 e. The van der Waals surface area contributed by atoms with Gasteiger partial charge in [-0.15, -0.1) is 0 Å². The molecule has 2 aromatic carbocycles. The number of benzene rings is 2. The van der Waals surface area contributed by atoms with Gasteiger partial charge in [0.2, 0.25) is 0 Å². The maximum Gasteiger partial charge on any atom is 0.270 e. The minimum absolute atomic E-state index is 0.0123. The summed E-state index contributed by atoms with van der Waals surface area (Å²) in [6, 6.07) is 13.9. The van der Waals surface area contributed by atoms with Crippen molar-refractivity contribution >= 4 is 26.8 Å². The Labute approximate surface area is 212 Å². The second-order valence-electron chi connectivity index (χ2n) is 9.03. The summed E-state index contributed by atoms with van der Waals surface area (Å²) in [6.45, 7) is 6.32. The van der Waals surface area contributed by atoms with E-state index in [0.29, 0.717) is 41.7 Å². The van der Waals surface area contributed by atoms with Crippen LogP contribution in [0, 0.1) is 6.92 Å². The summed E-state index contributed by atoms with van der Waals surface area (Å²) >= 11 is 0. The molecule has 1 amide bonds. The standard InChI is InChI=1S/C27H32N2O6S/c1-5-20-11-13-24(34-17-19(3)33-4)22(16-20)27(14-7-15-35-27)26(30)29-36(31,32)25-9-6-8-23-21(25)12-10-18(2)28-23/h6,8-13,16,19H,5,7,14-15,17H2,1-4H3,(H,29,30)/t19-,27-/m0/s1. The van der Waals surface area contributed by atoms with Crippen molar-refractivity contribution in [1.29, 1.82) is 0 Å². The molecule has 1 saturated heterocycles. The first-order chi connectivity index (χ1) is 17.2. The summed E-state index contributed by atoms with van der Waals surface area (Å²) in [5.41, 5.74) is 1.31. The van der Waals surface area contributed by atoms with Crippen LogP contribution in [0.3, 0.4) is 0 Å². The SMILES string of the molecule is CCc1ccc(OC[C@H](C)OC)c([C@]2(C(=O)NS(=O)(=O)c3cccc4nc(C)ccc34)CCCO2)c1. The molecule has 1 N–H and O–H groups in total. The highest BCUT2D eigenvalue weighted by atomic mass is 32.2. The van der Waals surface area contributed by atoms with Crippen LogP contribution in [0.1, 0.15) is 43.5 Å². The fourth-order valence-corrected chi connectivity index (χ4v) is 5.63. The number of fused-ring (bicyclic) bond motifs is 1. The molecule has 9 heteroatoms. The third-order valence-corrected chi connectivity index (χ3v) is 7.89. The second-order valence-corrected chi connectivity index (χ2v) is 10.7. The van der Waals surface area contributed by atoms with E-state index in [9.17, 15) is 13.2 Å². The molecule has 192 valence electrons. The van der Waals surface area contributed by atoms with Gasteiger partial charge in [0.05, 0.1) is 16.5 Å². The second kappa shape index (κ2) is 10.5. The molecule has 0 unspecified atom stereocenters. The predicted molar refractivity (Wildman–Crippen MR) is 136 cm³/mol. The van der Waals surface area contributed by atoms with Gasteiger partial charge >= 0.3 is 0 Å². The van der Waals surface area contributed by atoms with Gasteiger partial charge in [0.15, 0.2) is 5.60 Å². The van der Waals surface area contributed by atoms with Crippen molar-refractivity contribution in [2.24, 2.45) is 0 Å². The van der Waals surface area contributed by atoms with Crippen LogP contribution in [-0.2, 0) is 36.3 Å². The molecule has 8 nitrogen and oxygen atoms in total. The van der Waals surface area contributed by atoms with Crippen LogP contribution in [0.5, 0.6) is 5.75 Å². The summed E-state index contributed by atoms with van der Waals surface area (Å²) in [4.78, 5) is 18.2. The normalized spacial score (nSPS) is 18.8. The van der Waals surface area contributed by atoms with Crippen molar-refractivity contribution in [2.45, 2.75) is 56.6 Å². The number of carbonyl (C=O) groups excluding carboxylic acids is 1. The third kappa shape index (κ3) is 5.09. The molecule has 1 fully saturated rings. The Morgan fingerprint density at radius 3 is 2.72 bits per heavy atom. The van der Waals surface area contributed by atoms with Crippen molar-refractivity contribution < 1.29 is 27.4 Å².